The molecule has 3 heterocycles. The molecule has 2 aromatic rings. The first-order valence-electron chi connectivity index (χ1n) is 8.50. The Morgan fingerprint density at radius 1 is 1.25 bits per heavy atom. The van der Waals surface area contributed by atoms with Gasteiger partial charge >= 0.3 is 0 Å². The second-order valence-electron chi connectivity index (χ2n) is 6.58. The second kappa shape index (κ2) is 6.76. The Bertz CT molecular complexity index is 1150. The summed E-state index contributed by atoms with van der Waals surface area (Å²) < 4.78 is 15.4. The van der Waals surface area contributed by atoms with E-state index in [9.17, 15) is 9.18 Å². The van der Waals surface area contributed by atoms with Crippen molar-refractivity contribution >= 4 is 46.3 Å². The molecular formula is C20H16ClFN4OS. The number of fused-ring (bicyclic) bond motifs is 1. The maximum Gasteiger partial charge on any atom is 0.283 e. The monoisotopic (exact) mass is 414 g/mol. The summed E-state index contributed by atoms with van der Waals surface area (Å²) in [6.07, 6.45) is 3.48. The molecule has 4 rings (SSSR count). The number of allylic oxidation sites excluding steroid dienone is 1. The van der Waals surface area contributed by atoms with Crippen LogP contribution in [0.5, 0.6) is 0 Å². The molecule has 0 aliphatic carbocycles. The van der Waals surface area contributed by atoms with Crippen LogP contribution in [0.1, 0.15) is 23.9 Å². The van der Waals surface area contributed by atoms with Gasteiger partial charge in [-0.1, -0.05) is 23.4 Å². The summed E-state index contributed by atoms with van der Waals surface area (Å²) in [7, 11) is 0. The number of aromatic nitrogens is 1. The van der Waals surface area contributed by atoms with E-state index in [2.05, 4.69) is 4.99 Å². The molecule has 0 saturated heterocycles. The van der Waals surface area contributed by atoms with E-state index in [0.717, 1.165) is 27.5 Å². The van der Waals surface area contributed by atoms with Crippen LogP contribution in [-0.4, -0.2) is 26.4 Å². The lowest BCUT2D eigenvalue weighted by molar-refractivity contribution is -0.114. The number of rotatable bonds is 2. The predicted octanol–water partition coefficient (Wildman–Crippen LogP) is 5.05. The van der Waals surface area contributed by atoms with E-state index < -0.39 is 11.7 Å². The van der Waals surface area contributed by atoms with E-state index in [1.54, 1.807) is 29.3 Å². The van der Waals surface area contributed by atoms with E-state index in [4.69, 9.17) is 17.0 Å². The molecule has 1 aromatic heterocycles. The molecule has 8 heteroatoms. The van der Waals surface area contributed by atoms with Crippen molar-refractivity contribution in [1.29, 1.82) is 5.41 Å². The number of hydrogen-bond acceptors (Lipinski definition) is 3. The van der Waals surface area contributed by atoms with Crippen LogP contribution in [0.3, 0.4) is 0 Å². The average molecular weight is 415 g/mol. The first-order chi connectivity index (χ1) is 13.3. The van der Waals surface area contributed by atoms with Crippen LogP contribution in [0.4, 0.5) is 4.39 Å². The number of hydrogen-bond donors (Lipinski definition) is 1. The van der Waals surface area contributed by atoms with Gasteiger partial charge in [0.15, 0.2) is 5.17 Å². The number of nitrogens with zero attached hydrogens (tertiary/aromatic N) is 3. The largest absolute Gasteiger partial charge is 0.318 e. The van der Waals surface area contributed by atoms with Gasteiger partial charge in [0.25, 0.3) is 5.91 Å². The molecule has 0 radical (unpaired) electrons. The summed E-state index contributed by atoms with van der Waals surface area (Å²) in [6.45, 7) is 5.73. The lowest BCUT2D eigenvalue weighted by Crippen LogP contribution is -2.35. The van der Waals surface area contributed by atoms with Gasteiger partial charge in [-0.05, 0) is 56.7 Å². The van der Waals surface area contributed by atoms with E-state index in [0.29, 0.717) is 5.17 Å². The summed E-state index contributed by atoms with van der Waals surface area (Å²) in [5, 5.41) is 8.98. The highest BCUT2D eigenvalue weighted by molar-refractivity contribution is 8.17. The minimum atomic E-state index is -0.475. The fraction of sp³-hybridized carbons (Fsp3) is 0.150. The van der Waals surface area contributed by atoms with E-state index in [1.165, 1.54) is 17.8 Å². The Morgan fingerprint density at radius 2 is 2.00 bits per heavy atom. The van der Waals surface area contributed by atoms with Crippen LogP contribution >= 0.6 is 23.4 Å². The lowest BCUT2D eigenvalue weighted by atomic mass is 10.1. The number of amides is 1. The van der Waals surface area contributed by atoms with Crippen molar-refractivity contribution in [3.05, 3.63) is 68.7 Å². The molecular weight excluding hydrogens is 399 g/mol. The molecule has 2 aliphatic heterocycles. The Hall–Kier alpha value is -2.64. The first-order valence-corrected chi connectivity index (χ1v) is 9.69. The van der Waals surface area contributed by atoms with Gasteiger partial charge in [-0.25, -0.2) is 4.39 Å². The summed E-state index contributed by atoms with van der Waals surface area (Å²) in [5.74, 6) is -0.799. The van der Waals surface area contributed by atoms with Gasteiger partial charge in [0.1, 0.15) is 11.7 Å². The van der Waals surface area contributed by atoms with Crippen molar-refractivity contribution in [2.24, 2.45) is 4.99 Å². The number of aliphatic imine (C=N–C) groups is 1. The standard InChI is InChI=1S/C20H16ClFN4OS/c1-10-6-13(12(3)26(10)14-4-5-17(22)16(21)8-14)7-15-18(23)25-9-11(2)28-20(25)24-19(15)27/h4-9,23H,1-3H3. The van der Waals surface area contributed by atoms with Crippen LogP contribution in [-0.2, 0) is 4.79 Å². The van der Waals surface area contributed by atoms with Crippen molar-refractivity contribution < 1.29 is 9.18 Å². The van der Waals surface area contributed by atoms with Crippen LogP contribution in [0.15, 0.2) is 45.9 Å². The summed E-state index contributed by atoms with van der Waals surface area (Å²) in [6, 6.07) is 6.45. The molecule has 0 saturated carbocycles. The molecule has 1 amide bonds. The van der Waals surface area contributed by atoms with Crippen LogP contribution in [0.2, 0.25) is 5.02 Å². The smallest absolute Gasteiger partial charge is 0.283 e. The van der Waals surface area contributed by atoms with Gasteiger partial charge in [0, 0.05) is 28.2 Å². The van der Waals surface area contributed by atoms with Crippen LogP contribution < -0.4 is 0 Å². The van der Waals surface area contributed by atoms with Gasteiger partial charge in [-0.3, -0.25) is 15.1 Å². The number of thioether (sulfide) groups is 1. The third-order valence-electron chi connectivity index (χ3n) is 4.62. The average Bonchev–Trinajstić information content (AvgIpc) is 3.13. The number of aryl methyl sites for hydroxylation is 1. The molecule has 0 unspecified atom stereocenters. The second-order valence-corrected chi connectivity index (χ2v) is 8.20. The molecule has 5 nitrogen and oxygen atoms in total. The minimum Gasteiger partial charge on any atom is -0.318 e. The van der Waals surface area contributed by atoms with Gasteiger partial charge in [0.05, 0.1) is 10.6 Å². The third-order valence-corrected chi connectivity index (χ3v) is 5.81. The van der Waals surface area contributed by atoms with Crippen molar-refractivity contribution in [3.8, 4) is 5.69 Å². The predicted molar refractivity (Wildman–Crippen MR) is 112 cm³/mol. The summed E-state index contributed by atoms with van der Waals surface area (Å²) >= 11 is 7.31. The van der Waals surface area contributed by atoms with Crippen molar-refractivity contribution in [1.82, 2.24) is 9.47 Å². The van der Waals surface area contributed by atoms with E-state index in [1.807, 2.05) is 31.4 Å². The Labute approximate surface area is 170 Å². The fourth-order valence-corrected chi connectivity index (χ4v) is 4.30. The zero-order valence-corrected chi connectivity index (χ0v) is 17.0. The molecule has 0 bridgehead atoms. The highest BCUT2D eigenvalue weighted by Gasteiger charge is 2.33. The van der Waals surface area contributed by atoms with Gasteiger partial charge in [-0.15, -0.1) is 0 Å². The maximum absolute atomic E-state index is 13.5. The Morgan fingerprint density at radius 3 is 2.71 bits per heavy atom. The SMILES string of the molecule is CC1=CN2C(=N)C(=Cc3cc(C)n(-c4ccc(F)c(Cl)c4)c3C)C(=O)N=C2S1. The minimum absolute atomic E-state index is 0.0460. The molecule has 142 valence electrons. The highest BCUT2D eigenvalue weighted by atomic mass is 35.5. The van der Waals surface area contributed by atoms with Crippen molar-refractivity contribution in [2.45, 2.75) is 20.8 Å². The number of nitrogens with one attached hydrogen (secondary N) is 1. The fourth-order valence-electron chi connectivity index (χ4n) is 3.31. The van der Waals surface area contributed by atoms with Crippen molar-refractivity contribution in [2.75, 3.05) is 0 Å². The zero-order chi connectivity index (χ0) is 20.2. The number of halogens is 2. The topological polar surface area (TPSA) is 61.5 Å². The van der Waals surface area contributed by atoms with Gasteiger partial charge < -0.3 is 4.57 Å². The van der Waals surface area contributed by atoms with Crippen LogP contribution in [0.25, 0.3) is 11.8 Å². The molecule has 0 atom stereocenters. The summed E-state index contributed by atoms with van der Waals surface area (Å²) in [4.78, 5) is 19.2. The van der Waals surface area contributed by atoms with Gasteiger partial charge in [-0.2, -0.15) is 4.99 Å². The number of carbonyl (C=O) groups excluding carboxylic acids is 1. The Balaban J connectivity index is 1.78. The van der Waals surface area contributed by atoms with Gasteiger partial charge in [0.2, 0.25) is 0 Å². The highest BCUT2D eigenvalue weighted by Crippen LogP contribution is 2.33. The number of amidine groups is 2. The summed E-state index contributed by atoms with van der Waals surface area (Å²) in [5.41, 5.74) is 3.50. The van der Waals surface area contributed by atoms with Crippen molar-refractivity contribution in [3.63, 3.8) is 0 Å². The normalized spacial score (nSPS) is 17.9. The molecule has 1 aromatic carbocycles. The quantitative estimate of drug-likeness (QED) is 0.699. The van der Waals surface area contributed by atoms with E-state index >= 15 is 0 Å². The number of carbonyl (C=O) groups is 1. The maximum atomic E-state index is 13.5. The molecule has 0 fully saturated rings. The molecule has 1 N–H and O–H groups in total. The molecule has 0 spiro atoms. The Kier molecular flexibility index (Phi) is 4.51. The van der Waals surface area contributed by atoms with E-state index in [-0.39, 0.29) is 16.4 Å². The zero-order valence-electron chi connectivity index (χ0n) is 15.4. The third kappa shape index (κ3) is 3.00. The molecule has 28 heavy (non-hydrogen) atoms. The first kappa shape index (κ1) is 18.7. The van der Waals surface area contributed by atoms with Crippen LogP contribution in [0, 0.1) is 25.1 Å². The number of benzene rings is 1. The lowest BCUT2D eigenvalue weighted by Gasteiger charge is -2.22. The molecule has 2 aliphatic rings.